The summed E-state index contributed by atoms with van der Waals surface area (Å²) < 4.78 is 0. The SMILES string of the molecule is O=C(Cc1cc[nH]c1)N1CCCN(C(=O)Cc2cccc(Cl)c2)CC1. The summed E-state index contributed by atoms with van der Waals surface area (Å²) in [4.78, 5) is 31.6. The van der Waals surface area contributed by atoms with Crippen LogP contribution >= 0.6 is 11.6 Å². The van der Waals surface area contributed by atoms with E-state index in [9.17, 15) is 9.59 Å². The second kappa shape index (κ2) is 8.21. The predicted octanol–water partition coefficient (Wildman–Crippen LogP) is 2.51. The van der Waals surface area contributed by atoms with Crippen LogP contribution in [0.4, 0.5) is 0 Å². The van der Waals surface area contributed by atoms with Gasteiger partial charge in [0.25, 0.3) is 0 Å². The number of benzene rings is 1. The Kier molecular flexibility index (Phi) is 5.76. The molecule has 1 fully saturated rings. The zero-order chi connectivity index (χ0) is 17.6. The van der Waals surface area contributed by atoms with Gasteiger partial charge in [-0.1, -0.05) is 23.7 Å². The molecule has 1 saturated heterocycles. The molecule has 3 rings (SSSR count). The molecule has 2 amide bonds. The molecule has 0 unspecified atom stereocenters. The molecule has 25 heavy (non-hydrogen) atoms. The summed E-state index contributed by atoms with van der Waals surface area (Å²) in [6, 6.07) is 9.30. The van der Waals surface area contributed by atoms with Crippen molar-refractivity contribution in [2.75, 3.05) is 26.2 Å². The number of hydrogen-bond acceptors (Lipinski definition) is 2. The number of nitrogens with zero attached hydrogens (tertiary/aromatic N) is 2. The first-order valence-corrected chi connectivity index (χ1v) is 8.91. The number of rotatable bonds is 4. The van der Waals surface area contributed by atoms with Gasteiger partial charge in [-0.05, 0) is 35.7 Å². The highest BCUT2D eigenvalue weighted by molar-refractivity contribution is 6.30. The van der Waals surface area contributed by atoms with Gasteiger partial charge in [0.1, 0.15) is 0 Å². The molecule has 5 nitrogen and oxygen atoms in total. The van der Waals surface area contributed by atoms with Gasteiger partial charge in [-0.2, -0.15) is 0 Å². The third kappa shape index (κ3) is 4.86. The van der Waals surface area contributed by atoms with Crippen LogP contribution in [-0.4, -0.2) is 52.8 Å². The van der Waals surface area contributed by atoms with Gasteiger partial charge >= 0.3 is 0 Å². The van der Waals surface area contributed by atoms with E-state index in [-0.39, 0.29) is 11.8 Å². The van der Waals surface area contributed by atoms with Crippen LogP contribution < -0.4 is 0 Å². The molecule has 1 aromatic carbocycles. The van der Waals surface area contributed by atoms with Crippen molar-refractivity contribution in [3.05, 3.63) is 58.9 Å². The number of aromatic nitrogens is 1. The van der Waals surface area contributed by atoms with Gasteiger partial charge in [0, 0.05) is 43.6 Å². The zero-order valence-corrected chi connectivity index (χ0v) is 14.8. The van der Waals surface area contributed by atoms with Gasteiger partial charge in [0.2, 0.25) is 11.8 Å². The molecule has 0 saturated carbocycles. The van der Waals surface area contributed by atoms with Crippen molar-refractivity contribution in [2.24, 2.45) is 0 Å². The second-order valence-electron chi connectivity index (χ2n) is 6.32. The second-order valence-corrected chi connectivity index (χ2v) is 6.75. The summed E-state index contributed by atoms with van der Waals surface area (Å²) in [6.45, 7) is 2.56. The molecular weight excluding hydrogens is 338 g/mol. The fourth-order valence-electron chi connectivity index (χ4n) is 3.10. The van der Waals surface area contributed by atoms with E-state index in [1.54, 1.807) is 6.07 Å². The van der Waals surface area contributed by atoms with Gasteiger partial charge < -0.3 is 14.8 Å². The molecule has 2 heterocycles. The minimum Gasteiger partial charge on any atom is -0.367 e. The third-order valence-electron chi connectivity index (χ3n) is 4.46. The van der Waals surface area contributed by atoms with Crippen LogP contribution in [-0.2, 0) is 22.4 Å². The fraction of sp³-hybridized carbons (Fsp3) is 0.368. The van der Waals surface area contributed by atoms with Crippen molar-refractivity contribution in [3.8, 4) is 0 Å². The van der Waals surface area contributed by atoms with Gasteiger partial charge in [-0.25, -0.2) is 0 Å². The Hall–Kier alpha value is -2.27. The van der Waals surface area contributed by atoms with Crippen molar-refractivity contribution in [1.29, 1.82) is 0 Å². The maximum atomic E-state index is 12.5. The molecule has 1 N–H and O–H groups in total. The van der Waals surface area contributed by atoms with Crippen LogP contribution in [0, 0.1) is 0 Å². The molecule has 0 atom stereocenters. The highest BCUT2D eigenvalue weighted by atomic mass is 35.5. The standard InChI is InChI=1S/C19H22ClN3O2/c20-17-4-1-3-15(11-17)12-18(24)22-7-2-8-23(10-9-22)19(25)13-16-5-6-21-14-16/h1,3-6,11,14,21H,2,7-10,12-13H2. The normalized spacial score (nSPS) is 15.1. The van der Waals surface area contributed by atoms with Crippen LogP contribution in [0.2, 0.25) is 5.02 Å². The van der Waals surface area contributed by atoms with Crippen LogP contribution in [0.25, 0.3) is 0 Å². The highest BCUT2D eigenvalue weighted by Gasteiger charge is 2.22. The van der Waals surface area contributed by atoms with Gasteiger partial charge in [0.05, 0.1) is 12.8 Å². The molecule has 0 spiro atoms. The molecule has 1 aliphatic rings. The van der Waals surface area contributed by atoms with Gasteiger partial charge in [0.15, 0.2) is 0 Å². The minimum absolute atomic E-state index is 0.0854. The molecule has 0 bridgehead atoms. The minimum atomic E-state index is 0.0854. The van der Waals surface area contributed by atoms with E-state index >= 15 is 0 Å². The molecule has 1 aliphatic heterocycles. The molecule has 2 aromatic rings. The molecule has 0 radical (unpaired) electrons. The Morgan fingerprint density at radius 3 is 2.24 bits per heavy atom. The van der Waals surface area contributed by atoms with Gasteiger partial charge in [-0.3, -0.25) is 9.59 Å². The van der Waals surface area contributed by atoms with Crippen LogP contribution in [0.1, 0.15) is 17.5 Å². The average molecular weight is 360 g/mol. The number of aromatic amines is 1. The largest absolute Gasteiger partial charge is 0.367 e. The first kappa shape index (κ1) is 17.5. The topological polar surface area (TPSA) is 56.4 Å². The monoisotopic (exact) mass is 359 g/mol. The predicted molar refractivity (Wildman–Crippen MR) is 97.4 cm³/mol. The van der Waals surface area contributed by atoms with Crippen molar-refractivity contribution in [2.45, 2.75) is 19.3 Å². The lowest BCUT2D eigenvalue weighted by Crippen LogP contribution is -2.38. The Morgan fingerprint density at radius 1 is 0.960 bits per heavy atom. The highest BCUT2D eigenvalue weighted by Crippen LogP contribution is 2.13. The van der Waals surface area contributed by atoms with E-state index in [1.165, 1.54) is 0 Å². The van der Waals surface area contributed by atoms with E-state index in [4.69, 9.17) is 11.6 Å². The van der Waals surface area contributed by atoms with Crippen LogP contribution in [0.5, 0.6) is 0 Å². The van der Waals surface area contributed by atoms with E-state index in [1.807, 2.05) is 46.5 Å². The summed E-state index contributed by atoms with van der Waals surface area (Å²) >= 11 is 5.98. The van der Waals surface area contributed by atoms with Crippen LogP contribution in [0.15, 0.2) is 42.7 Å². The van der Waals surface area contributed by atoms with E-state index in [0.29, 0.717) is 44.0 Å². The average Bonchev–Trinajstić information content (AvgIpc) is 2.95. The zero-order valence-electron chi connectivity index (χ0n) is 14.1. The number of halogens is 1. The number of nitrogens with one attached hydrogen (secondary N) is 1. The lowest BCUT2D eigenvalue weighted by molar-refractivity contribution is -0.132. The van der Waals surface area contributed by atoms with E-state index in [0.717, 1.165) is 17.5 Å². The Balaban J connectivity index is 1.54. The van der Waals surface area contributed by atoms with E-state index < -0.39 is 0 Å². The summed E-state index contributed by atoms with van der Waals surface area (Å²) in [7, 11) is 0. The number of H-pyrrole nitrogens is 1. The lowest BCUT2D eigenvalue weighted by atomic mass is 10.1. The number of amides is 2. The molecule has 132 valence electrons. The molecular formula is C19H22ClN3O2. The first-order chi connectivity index (χ1) is 12.1. The first-order valence-electron chi connectivity index (χ1n) is 8.53. The fourth-order valence-corrected chi connectivity index (χ4v) is 3.32. The summed E-state index contributed by atoms with van der Waals surface area (Å²) in [5.74, 6) is 0.200. The smallest absolute Gasteiger partial charge is 0.227 e. The van der Waals surface area contributed by atoms with Crippen molar-refractivity contribution in [3.63, 3.8) is 0 Å². The third-order valence-corrected chi connectivity index (χ3v) is 4.70. The number of carbonyl (C=O) groups is 2. The molecule has 6 heteroatoms. The number of carbonyl (C=O) groups excluding carboxylic acids is 2. The summed E-state index contributed by atoms with van der Waals surface area (Å²) in [5.41, 5.74) is 1.91. The van der Waals surface area contributed by atoms with E-state index in [2.05, 4.69) is 4.98 Å². The molecule has 1 aromatic heterocycles. The van der Waals surface area contributed by atoms with Crippen LogP contribution in [0.3, 0.4) is 0 Å². The summed E-state index contributed by atoms with van der Waals surface area (Å²) in [6.07, 6.45) is 5.22. The van der Waals surface area contributed by atoms with Gasteiger partial charge in [-0.15, -0.1) is 0 Å². The quantitative estimate of drug-likeness (QED) is 0.912. The maximum Gasteiger partial charge on any atom is 0.227 e. The number of hydrogen-bond donors (Lipinski definition) is 1. The van der Waals surface area contributed by atoms with Crippen molar-refractivity contribution in [1.82, 2.24) is 14.8 Å². The summed E-state index contributed by atoms with van der Waals surface area (Å²) in [5, 5.41) is 0.641. The lowest BCUT2D eigenvalue weighted by Gasteiger charge is -2.22. The van der Waals surface area contributed by atoms with Crippen molar-refractivity contribution >= 4 is 23.4 Å². The Labute approximate surface area is 152 Å². The molecule has 0 aliphatic carbocycles. The Morgan fingerprint density at radius 2 is 1.64 bits per heavy atom. The maximum absolute atomic E-state index is 12.5. The van der Waals surface area contributed by atoms with Crippen molar-refractivity contribution < 1.29 is 9.59 Å². The Bertz CT molecular complexity index is 730.